The van der Waals surface area contributed by atoms with Gasteiger partial charge < -0.3 is 9.64 Å². The molecule has 1 amide bonds. The van der Waals surface area contributed by atoms with Crippen molar-refractivity contribution in [3.8, 4) is 0 Å². The number of benzene rings is 1. The van der Waals surface area contributed by atoms with Gasteiger partial charge in [-0.1, -0.05) is 19.1 Å². The Hall–Kier alpha value is -2.08. The lowest BCUT2D eigenvalue weighted by Gasteiger charge is -2.35. The van der Waals surface area contributed by atoms with Gasteiger partial charge in [-0.25, -0.2) is 4.79 Å². The number of carbonyl (C=O) groups is 1. The standard InChI is InChI=1S/C18H25N3O3/c1-4-9-20-15-7-5-6-8-16(15)21(18(20)23)12-17(22)19-10-13(2)24-14(3)11-19/h5-8,13-14H,4,9-12H2,1-3H3. The number of morpholine rings is 1. The summed E-state index contributed by atoms with van der Waals surface area (Å²) in [5, 5.41) is 0. The Kier molecular flexibility index (Phi) is 4.76. The number of hydrogen-bond acceptors (Lipinski definition) is 3. The van der Waals surface area contributed by atoms with Gasteiger partial charge >= 0.3 is 5.69 Å². The monoisotopic (exact) mass is 331 g/mol. The van der Waals surface area contributed by atoms with Crippen LogP contribution in [-0.2, 0) is 22.6 Å². The highest BCUT2D eigenvalue weighted by molar-refractivity contribution is 5.81. The molecular weight excluding hydrogens is 306 g/mol. The van der Waals surface area contributed by atoms with Crippen LogP contribution in [0, 0.1) is 0 Å². The third kappa shape index (κ3) is 3.11. The minimum absolute atomic E-state index is 0.0239. The molecule has 1 fully saturated rings. The van der Waals surface area contributed by atoms with E-state index in [0.29, 0.717) is 19.6 Å². The zero-order valence-electron chi connectivity index (χ0n) is 14.6. The number of hydrogen-bond donors (Lipinski definition) is 0. The molecule has 1 aromatic heterocycles. The Morgan fingerprint density at radius 1 is 1.12 bits per heavy atom. The first kappa shape index (κ1) is 16.8. The number of fused-ring (bicyclic) bond motifs is 1. The quantitative estimate of drug-likeness (QED) is 0.859. The minimum Gasteiger partial charge on any atom is -0.372 e. The maximum Gasteiger partial charge on any atom is 0.329 e. The smallest absolute Gasteiger partial charge is 0.329 e. The van der Waals surface area contributed by atoms with E-state index in [-0.39, 0.29) is 30.3 Å². The van der Waals surface area contributed by atoms with Crippen molar-refractivity contribution in [3.63, 3.8) is 0 Å². The van der Waals surface area contributed by atoms with Gasteiger partial charge in [-0.15, -0.1) is 0 Å². The Bertz CT molecular complexity index is 782. The number of para-hydroxylation sites is 2. The third-order valence-electron chi connectivity index (χ3n) is 4.44. The highest BCUT2D eigenvalue weighted by Gasteiger charge is 2.26. The van der Waals surface area contributed by atoms with Crippen molar-refractivity contribution >= 4 is 16.9 Å². The van der Waals surface area contributed by atoms with E-state index in [4.69, 9.17) is 4.74 Å². The number of ether oxygens (including phenoxy) is 1. The summed E-state index contributed by atoms with van der Waals surface area (Å²) in [6, 6.07) is 7.66. The molecule has 2 heterocycles. The van der Waals surface area contributed by atoms with Crippen molar-refractivity contribution in [3.05, 3.63) is 34.7 Å². The average Bonchev–Trinajstić information content (AvgIpc) is 2.80. The molecule has 3 rings (SSSR count). The predicted octanol–water partition coefficient (Wildman–Crippen LogP) is 1.85. The van der Waals surface area contributed by atoms with E-state index in [0.717, 1.165) is 17.5 Å². The predicted molar refractivity (Wildman–Crippen MR) is 93.1 cm³/mol. The number of imidazole rings is 1. The van der Waals surface area contributed by atoms with E-state index < -0.39 is 0 Å². The second kappa shape index (κ2) is 6.81. The van der Waals surface area contributed by atoms with Crippen molar-refractivity contribution < 1.29 is 9.53 Å². The van der Waals surface area contributed by atoms with Crippen LogP contribution in [-0.4, -0.2) is 45.2 Å². The molecule has 1 aromatic carbocycles. The first-order chi connectivity index (χ1) is 11.5. The molecule has 6 heteroatoms. The van der Waals surface area contributed by atoms with Crippen LogP contribution in [0.15, 0.2) is 29.1 Å². The van der Waals surface area contributed by atoms with E-state index in [2.05, 4.69) is 0 Å². The van der Waals surface area contributed by atoms with Gasteiger partial charge in [0.05, 0.1) is 23.2 Å². The summed E-state index contributed by atoms with van der Waals surface area (Å²) in [5.74, 6) is -0.0292. The van der Waals surface area contributed by atoms with Crippen LogP contribution in [0.4, 0.5) is 0 Å². The Labute approximate surface area is 141 Å². The molecule has 2 atom stereocenters. The first-order valence-corrected chi connectivity index (χ1v) is 8.62. The lowest BCUT2D eigenvalue weighted by atomic mass is 10.2. The molecule has 24 heavy (non-hydrogen) atoms. The summed E-state index contributed by atoms with van der Waals surface area (Å²) in [5.41, 5.74) is 1.60. The summed E-state index contributed by atoms with van der Waals surface area (Å²) in [6.45, 7) is 7.86. The van der Waals surface area contributed by atoms with Gasteiger partial charge in [-0.3, -0.25) is 13.9 Å². The fraction of sp³-hybridized carbons (Fsp3) is 0.556. The average molecular weight is 331 g/mol. The Morgan fingerprint density at radius 3 is 2.29 bits per heavy atom. The molecule has 1 aliphatic rings. The topological polar surface area (TPSA) is 56.5 Å². The normalized spacial score (nSPS) is 21.4. The summed E-state index contributed by atoms with van der Waals surface area (Å²) < 4.78 is 9.03. The third-order valence-corrected chi connectivity index (χ3v) is 4.44. The highest BCUT2D eigenvalue weighted by atomic mass is 16.5. The molecule has 0 spiro atoms. The van der Waals surface area contributed by atoms with Gasteiger partial charge in [0.1, 0.15) is 6.54 Å². The van der Waals surface area contributed by atoms with Crippen LogP contribution >= 0.6 is 0 Å². The van der Waals surface area contributed by atoms with E-state index in [1.165, 1.54) is 0 Å². The second-order valence-electron chi connectivity index (χ2n) is 6.57. The lowest BCUT2D eigenvalue weighted by Crippen LogP contribution is -2.49. The Balaban J connectivity index is 1.91. The SMILES string of the molecule is CCCn1c(=O)n(CC(=O)N2CC(C)OC(C)C2)c2ccccc21. The van der Waals surface area contributed by atoms with Crippen LogP contribution in [0.5, 0.6) is 0 Å². The summed E-state index contributed by atoms with van der Waals surface area (Å²) in [6.07, 6.45) is 0.923. The second-order valence-corrected chi connectivity index (χ2v) is 6.57. The maximum atomic E-state index is 12.8. The van der Waals surface area contributed by atoms with Gasteiger partial charge in [0.25, 0.3) is 0 Å². The number of nitrogens with zero attached hydrogens (tertiary/aromatic N) is 3. The molecule has 0 N–H and O–H groups in total. The zero-order chi connectivity index (χ0) is 17.3. The van der Waals surface area contributed by atoms with Gasteiger partial charge in [-0.05, 0) is 32.4 Å². The fourth-order valence-electron chi connectivity index (χ4n) is 3.48. The van der Waals surface area contributed by atoms with Gasteiger partial charge in [0, 0.05) is 19.6 Å². The van der Waals surface area contributed by atoms with Crippen LogP contribution in [0.3, 0.4) is 0 Å². The lowest BCUT2D eigenvalue weighted by molar-refractivity contribution is -0.143. The minimum atomic E-state index is -0.110. The molecule has 2 aromatic rings. The number of aromatic nitrogens is 2. The number of amides is 1. The zero-order valence-corrected chi connectivity index (χ0v) is 14.6. The van der Waals surface area contributed by atoms with Crippen LogP contribution in [0.2, 0.25) is 0 Å². The largest absolute Gasteiger partial charge is 0.372 e. The first-order valence-electron chi connectivity index (χ1n) is 8.62. The summed E-state index contributed by atoms with van der Waals surface area (Å²) >= 11 is 0. The molecular formula is C18H25N3O3. The molecule has 0 radical (unpaired) electrons. The van der Waals surface area contributed by atoms with Gasteiger partial charge in [0.15, 0.2) is 0 Å². The number of rotatable bonds is 4. The molecule has 2 unspecified atom stereocenters. The number of carbonyl (C=O) groups excluding carboxylic acids is 1. The highest BCUT2D eigenvalue weighted by Crippen LogP contribution is 2.15. The molecule has 6 nitrogen and oxygen atoms in total. The van der Waals surface area contributed by atoms with Crippen LogP contribution in [0.25, 0.3) is 11.0 Å². The van der Waals surface area contributed by atoms with Crippen molar-refractivity contribution in [1.82, 2.24) is 14.0 Å². The maximum absolute atomic E-state index is 12.8. The Morgan fingerprint density at radius 2 is 1.71 bits per heavy atom. The number of aryl methyl sites for hydroxylation is 1. The van der Waals surface area contributed by atoms with E-state index in [1.54, 1.807) is 14.0 Å². The van der Waals surface area contributed by atoms with Crippen molar-refractivity contribution in [1.29, 1.82) is 0 Å². The molecule has 130 valence electrons. The van der Waals surface area contributed by atoms with Crippen molar-refractivity contribution in [2.24, 2.45) is 0 Å². The summed E-state index contributed by atoms with van der Waals surface area (Å²) in [4.78, 5) is 27.3. The van der Waals surface area contributed by atoms with Crippen LogP contribution < -0.4 is 5.69 Å². The molecule has 1 aliphatic heterocycles. The summed E-state index contributed by atoms with van der Waals surface area (Å²) in [7, 11) is 0. The van der Waals surface area contributed by atoms with Gasteiger partial charge in [-0.2, -0.15) is 0 Å². The van der Waals surface area contributed by atoms with Crippen molar-refractivity contribution in [2.45, 2.75) is 52.5 Å². The van der Waals surface area contributed by atoms with E-state index in [1.807, 2.05) is 45.0 Å². The van der Waals surface area contributed by atoms with Crippen LogP contribution in [0.1, 0.15) is 27.2 Å². The van der Waals surface area contributed by atoms with Gasteiger partial charge in [0.2, 0.25) is 5.91 Å². The van der Waals surface area contributed by atoms with Crippen molar-refractivity contribution in [2.75, 3.05) is 13.1 Å². The molecule has 0 bridgehead atoms. The van der Waals surface area contributed by atoms with E-state index in [9.17, 15) is 9.59 Å². The molecule has 1 saturated heterocycles. The molecule has 0 aliphatic carbocycles. The fourth-order valence-corrected chi connectivity index (χ4v) is 3.48. The van der Waals surface area contributed by atoms with E-state index >= 15 is 0 Å². The molecule has 0 saturated carbocycles.